The van der Waals surface area contributed by atoms with Gasteiger partial charge in [-0.25, -0.2) is 4.39 Å². The van der Waals surface area contributed by atoms with E-state index in [0.717, 1.165) is 37.7 Å². The third-order valence-corrected chi connectivity index (χ3v) is 5.09. The zero-order valence-corrected chi connectivity index (χ0v) is 15.4. The summed E-state index contributed by atoms with van der Waals surface area (Å²) in [7, 11) is 0. The summed E-state index contributed by atoms with van der Waals surface area (Å²) in [6, 6.07) is 9.75. The van der Waals surface area contributed by atoms with Gasteiger partial charge in [-0.15, -0.1) is 0 Å². The van der Waals surface area contributed by atoms with Gasteiger partial charge < -0.3 is 9.84 Å². The molecule has 0 radical (unpaired) electrons. The molecule has 1 aliphatic rings. The van der Waals surface area contributed by atoms with Gasteiger partial charge in [-0.05, 0) is 42.7 Å². The third-order valence-electron chi connectivity index (χ3n) is 5.09. The molecule has 0 unspecified atom stereocenters. The van der Waals surface area contributed by atoms with Gasteiger partial charge in [0.25, 0.3) is 5.89 Å². The van der Waals surface area contributed by atoms with E-state index in [9.17, 15) is 9.18 Å². The van der Waals surface area contributed by atoms with Crippen LogP contribution in [-0.2, 0) is 16.8 Å². The Morgan fingerprint density at radius 1 is 1.18 bits per heavy atom. The number of amides is 1. The number of aromatic nitrogens is 3. The Labute approximate surface area is 162 Å². The molecule has 6 nitrogen and oxygen atoms in total. The molecule has 1 N–H and O–H groups in total. The molecule has 28 heavy (non-hydrogen) atoms. The van der Waals surface area contributed by atoms with Crippen molar-refractivity contribution in [3.63, 3.8) is 0 Å². The van der Waals surface area contributed by atoms with Crippen molar-refractivity contribution < 1.29 is 13.7 Å². The van der Waals surface area contributed by atoms with Crippen LogP contribution >= 0.6 is 0 Å². The summed E-state index contributed by atoms with van der Waals surface area (Å²) in [5.74, 6) is 0.329. The van der Waals surface area contributed by atoms with E-state index in [1.165, 1.54) is 12.1 Å². The lowest BCUT2D eigenvalue weighted by molar-refractivity contribution is -0.123. The highest BCUT2D eigenvalue weighted by Crippen LogP contribution is 2.37. The van der Waals surface area contributed by atoms with Crippen LogP contribution in [-0.4, -0.2) is 21.0 Å². The molecule has 0 bridgehead atoms. The number of halogens is 1. The van der Waals surface area contributed by atoms with Crippen molar-refractivity contribution in [2.45, 2.75) is 44.1 Å². The van der Waals surface area contributed by atoms with Gasteiger partial charge in [0.05, 0.1) is 6.42 Å². The van der Waals surface area contributed by atoms with Crippen molar-refractivity contribution in [2.24, 2.45) is 0 Å². The number of hydrogen-bond donors (Lipinski definition) is 1. The van der Waals surface area contributed by atoms with E-state index in [4.69, 9.17) is 4.52 Å². The van der Waals surface area contributed by atoms with Gasteiger partial charge in [0.15, 0.2) is 0 Å². The summed E-state index contributed by atoms with van der Waals surface area (Å²) in [6.07, 6.45) is 7.95. The number of nitrogens with zero attached hydrogens (tertiary/aromatic N) is 3. The van der Waals surface area contributed by atoms with Gasteiger partial charge in [0.1, 0.15) is 11.4 Å². The minimum atomic E-state index is -0.684. The highest BCUT2D eigenvalue weighted by molar-refractivity contribution is 5.79. The molecule has 1 saturated carbocycles. The third kappa shape index (κ3) is 3.93. The molecule has 7 heteroatoms. The van der Waals surface area contributed by atoms with E-state index in [-0.39, 0.29) is 18.1 Å². The SMILES string of the molecule is O=C(Cc1cccc(F)c1)NC1(c2nc(-c3cccnc3)no2)CCCCC1. The maximum atomic E-state index is 13.4. The molecule has 144 valence electrons. The van der Waals surface area contributed by atoms with Gasteiger partial charge in [0.2, 0.25) is 11.7 Å². The first-order chi connectivity index (χ1) is 13.6. The van der Waals surface area contributed by atoms with E-state index in [1.807, 2.05) is 12.1 Å². The Morgan fingerprint density at radius 3 is 2.79 bits per heavy atom. The average molecular weight is 380 g/mol. The molecule has 2 aromatic heterocycles. The van der Waals surface area contributed by atoms with E-state index >= 15 is 0 Å². The minimum absolute atomic E-state index is 0.100. The zero-order chi connectivity index (χ0) is 19.4. The second-order valence-electron chi connectivity index (χ2n) is 7.16. The van der Waals surface area contributed by atoms with Crippen LogP contribution in [0.1, 0.15) is 43.6 Å². The fraction of sp³-hybridized carbons (Fsp3) is 0.333. The Kier molecular flexibility index (Phi) is 5.14. The molecular formula is C21H21FN4O2. The number of carbonyl (C=O) groups is 1. The highest BCUT2D eigenvalue weighted by Gasteiger charge is 2.40. The lowest BCUT2D eigenvalue weighted by Gasteiger charge is -2.34. The fourth-order valence-electron chi connectivity index (χ4n) is 3.72. The smallest absolute Gasteiger partial charge is 0.252 e. The van der Waals surface area contributed by atoms with Gasteiger partial charge >= 0.3 is 0 Å². The molecule has 4 rings (SSSR count). The van der Waals surface area contributed by atoms with Crippen molar-refractivity contribution in [3.8, 4) is 11.4 Å². The molecule has 1 aromatic carbocycles. The standard InChI is InChI=1S/C21H21FN4O2/c22-17-8-4-6-15(12-17)13-18(27)25-21(9-2-1-3-10-21)20-24-19(26-28-20)16-7-5-11-23-14-16/h4-8,11-12,14H,1-3,9-10,13H2,(H,25,27). The van der Waals surface area contributed by atoms with Gasteiger partial charge in [0, 0.05) is 18.0 Å². The van der Waals surface area contributed by atoms with E-state index in [2.05, 4.69) is 20.4 Å². The molecule has 0 spiro atoms. The summed E-state index contributed by atoms with van der Waals surface area (Å²) in [5.41, 5.74) is 0.704. The van der Waals surface area contributed by atoms with Gasteiger partial charge in [-0.2, -0.15) is 4.98 Å². The maximum absolute atomic E-state index is 13.4. The summed E-state index contributed by atoms with van der Waals surface area (Å²) in [5, 5.41) is 7.19. The molecule has 1 fully saturated rings. The first-order valence-electron chi connectivity index (χ1n) is 9.45. The number of carbonyl (C=O) groups excluding carboxylic acids is 1. The molecule has 3 aromatic rings. The highest BCUT2D eigenvalue weighted by atomic mass is 19.1. The summed E-state index contributed by atoms with van der Waals surface area (Å²) < 4.78 is 19.0. The summed E-state index contributed by atoms with van der Waals surface area (Å²) >= 11 is 0. The second kappa shape index (κ2) is 7.88. The molecule has 0 saturated heterocycles. The number of nitrogens with one attached hydrogen (secondary N) is 1. The predicted molar refractivity (Wildman–Crippen MR) is 101 cm³/mol. The first kappa shape index (κ1) is 18.3. The van der Waals surface area contributed by atoms with Crippen molar-refractivity contribution in [3.05, 3.63) is 66.1 Å². The van der Waals surface area contributed by atoms with E-state index in [0.29, 0.717) is 17.3 Å². The minimum Gasteiger partial charge on any atom is -0.341 e. The number of pyridine rings is 1. The molecule has 0 atom stereocenters. The van der Waals surface area contributed by atoms with Crippen LogP contribution in [0.3, 0.4) is 0 Å². The fourth-order valence-corrected chi connectivity index (χ4v) is 3.72. The van der Waals surface area contributed by atoms with Crippen LogP contribution in [0, 0.1) is 5.82 Å². The van der Waals surface area contributed by atoms with Crippen LogP contribution in [0.15, 0.2) is 53.3 Å². The van der Waals surface area contributed by atoms with E-state index < -0.39 is 5.54 Å². The van der Waals surface area contributed by atoms with Gasteiger partial charge in [-0.3, -0.25) is 9.78 Å². The van der Waals surface area contributed by atoms with Crippen molar-refractivity contribution in [2.75, 3.05) is 0 Å². The van der Waals surface area contributed by atoms with Crippen LogP contribution in [0.5, 0.6) is 0 Å². The molecule has 2 heterocycles. The molecule has 1 aliphatic carbocycles. The van der Waals surface area contributed by atoms with Crippen molar-refractivity contribution in [1.82, 2.24) is 20.4 Å². The molecule has 1 amide bonds. The lowest BCUT2D eigenvalue weighted by Crippen LogP contribution is -2.48. The Balaban J connectivity index is 1.57. The molecule has 0 aliphatic heterocycles. The number of benzene rings is 1. The van der Waals surface area contributed by atoms with Crippen molar-refractivity contribution >= 4 is 5.91 Å². The zero-order valence-electron chi connectivity index (χ0n) is 15.4. The normalized spacial score (nSPS) is 15.9. The average Bonchev–Trinajstić information content (AvgIpc) is 3.20. The van der Waals surface area contributed by atoms with Crippen LogP contribution in [0.2, 0.25) is 0 Å². The first-order valence-corrected chi connectivity index (χ1v) is 9.45. The Bertz CT molecular complexity index is 952. The number of hydrogen-bond acceptors (Lipinski definition) is 5. The second-order valence-corrected chi connectivity index (χ2v) is 7.16. The van der Waals surface area contributed by atoms with Crippen LogP contribution in [0.25, 0.3) is 11.4 Å². The Morgan fingerprint density at radius 2 is 2.04 bits per heavy atom. The monoisotopic (exact) mass is 380 g/mol. The predicted octanol–water partition coefficient (Wildman–Crippen LogP) is 3.79. The quantitative estimate of drug-likeness (QED) is 0.728. The largest absolute Gasteiger partial charge is 0.341 e. The summed E-state index contributed by atoms with van der Waals surface area (Å²) in [4.78, 5) is 21.4. The topological polar surface area (TPSA) is 80.9 Å². The Hall–Kier alpha value is -3.09. The van der Waals surface area contributed by atoms with Crippen molar-refractivity contribution in [1.29, 1.82) is 0 Å². The molecular weight excluding hydrogens is 359 g/mol. The number of rotatable bonds is 5. The van der Waals surface area contributed by atoms with Crippen LogP contribution in [0.4, 0.5) is 4.39 Å². The maximum Gasteiger partial charge on any atom is 0.252 e. The lowest BCUT2D eigenvalue weighted by atomic mass is 9.81. The summed E-state index contributed by atoms with van der Waals surface area (Å²) in [6.45, 7) is 0. The van der Waals surface area contributed by atoms with E-state index in [1.54, 1.807) is 24.5 Å². The van der Waals surface area contributed by atoms with Crippen LogP contribution < -0.4 is 5.32 Å². The van der Waals surface area contributed by atoms with Gasteiger partial charge in [-0.1, -0.05) is 36.6 Å².